The van der Waals surface area contributed by atoms with E-state index in [0.717, 1.165) is 21.6 Å². The highest BCUT2D eigenvalue weighted by molar-refractivity contribution is 7.98. The summed E-state index contributed by atoms with van der Waals surface area (Å²) in [6.45, 7) is 0. The van der Waals surface area contributed by atoms with E-state index in [-0.39, 0.29) is 17.3 Å². The maximum Gasteiger partial charge on any atom is 0.293 e. The van der Waals surface area contributed by atoms with Crippen LogP contribution in [-0.2, 0) is 5.75 Å². The summed E-state index contributed by atoms with van der Waals surface area (Å²) in [5.41, 5.74) is 12.0. The fourth-order valence-electron chi connectivity index (χ4n) is 3.39. The van der Waals surface area contributed by atoms with E-state index < -0.39 is 5.91 Å². The van der Waals surface area contributed by atoms with Crippen molar-refractivity contribution in [3.05, 3.63) is 102 Å². The average molecular weight is 497 g/mol. The largest absolute Gasteiger partial charge is 0.378 e. The summed E-state index contributed by atoms with van der Waals surface area (Å²) in [6, 6.07) is 27.7. The van der Waals surface area contributed by atoms with Crippen LogP contribution in [0.15, 0.2) is 99.6 Å². The Bertz CT molecular complexity index is 1480. The number of anilines is 1. The molecule has 0 atom stereocenters. The molecular weight excluding hydrogens is 476 g/mol. The van der Waals surface area contributed by atoms with Gasteiger partial charge in [0.25, 0.3) is 5.91 Å². The minimum atomic E-state index is -0.517. The van der Waals surface area contributed by atoms with Crippen LogP contribution >= 0.6 is 11.8 Å². The molecule has 0 aliphatic carbocycles. The van der Waals surface area contributed by atoms with Gasteiger partial charge in [0.1, 0.15) is 0 Å². The molecule has 10 nitrogen and oxygen atoms in total. The third-order valence-corrected chi connectivity index (χ3v) is 6.21. The van der Waals surface area contributed by atoms with Crippen LogP contribution < -0.4 is 11.2 Å². The van der Waals surface area contributed by atoms with Crippen molar-refractivity contribution in [1.82, 2.24) is 30.7 Å². The number of amides is 1. The van der Waals surface area contributed by atoms with E-state index >= 15 is 0 Å². The number of nitrogens with one attached hydrogen (secondary N) is 1. The van der Waals surface area contributed by atoms with Gasteiger partial charge >= 0.3 is 0 Å². The van der Waals surface area contributed by atoms with Crippen LogP contribution in [0.4, 0.5) is 5.82 Å². The first kappa shape index (κ1) is 23.0. The number of thioether (sulfide) groups is 1. The van der Waals surface area contributed by atoms with E-state index in [0.29, 0.717) is 11.4 Å². The fraction of sp³-hybridized carbons (Fsp3) is 0.0400. The zero-order valence-electron chi connectivity index (χ0n) is 18.9. The Morgan fingerprint density at radius 2 is 1.67 bits per heavy atom. The van der Waals surface area contributed by atoms with Crippen LogP contribution in [0.25, 0.3) is 16.9 Å². The molecule has 0 fully saturated rings. The number of benzene rings is 3. The fourth-order valence-corrected chi connectivity index (χ4v) is 4.31. The lowest BCUT2D eigenvalue weighted by Crippen LogP contribution is -2.20. The first-order valence-corrected chi connectivity index (χ1v) is 11.9. The SMILES string of the molecule is Nc1nonc1-n1nnc(C(=O)N/N=C/c2ccc(-c3ccccc3)cc2)c1CSc1ccccc1. The van der Waals surface area contributed by atoms with Crippen molar-refractivity contribution in [3.8, 4) is 16.9 Å². The molecule has 0 radical (unpaired) electrons. The van der Waals surface area contributed by atoms with E-state index in [2.05, 4.69) is 31.2 Å². The smallest absolute Gasteiger partial charge is 0.293 e. The summed E-state index contributed by atoms with van der Waals surface area (Å²) in [4.78, 5) is 13.9. The molecule has 36 heavy (non-hydrogen) atoms. The van der Waals surface area contributed by atoms with Crippen molar-refractivity contribution in [3.63, 3.8) is 0 Å². The maximum absolute atomic E-state index is 12.9. The molecule has 2 aromatic heterocycles. The second-order valence-electron chi connectivity index (χ2n) is 7.56. The molecular formula is C25H20N8O2S. The van der Waals surface area contributed by atoms with Gasteiger partial charge in [0.2, 0.25) is 11.6 Å². The van der Waals surface area contributed by atoms with Crippen LogP contribution in [0.2, 0.25) is 0 Å². The molecule has 178 valence electrons. The van der Waals surface area contributed by atoms with Gasteiger partial charge in [0, 0.05) is 10.6 Å². The predicted molar refractivity (Wildman–Crippen MR) is 137 cm³/mol. The van der Waals surface area contributed by atoms with E-state index in [1.165, 1.54) is 16.4 Å². The number of aromatic nitrogens is 5. The number of carbonyl (C=O) groups is 1. The van der Waals surface area contributed by atoms with E-state index in [1.54, 1.807) is 6.21 Å². The topological polar surface area (TPSA) is 137 Å². The number of nitrogen functional groups attached to an aromatic ring is 1. The maximum atomic E-state index is 12.9. The van der Waals surface area contributed by atoms with Gasteiger partial charge < -0.3 is 5.73 Å². The molecule has 0 saturated carbocycles. The molecule has 3 N–H and O–H groups in total. The Balaban J connectivity index is 1.32. The minimum Gasteiger partial charge on any atom is -0.378 e. The van der Waals surface area contributed by atoms with Crippen molar-refractivity contribution < 1.29 is 9.42 Å². The summed E-state index contributed by atoms with van der Waals surface area (Å²) in [5, 5.41) is 19.6. The van der Waals surface area contributed by atoms with Crippen molar-refractivity contribution >= 4 is 29.7 Å². The third kappa shape index (κ3) is 5.15. The Hall–Kier alpha value is -4.77. The van der Waals surface area contributed by atoms with Gasteiger partial charge in [0.05, 0.1) is 11.9 Å². The lowest BCUT2D eigenvalue weighted by molar-refractivity contribution is 0.0949. The highest BCUT2D eigenvalue weighted by Gasteiger charge is 2.24. The zero-order valence-corrected chi connectivity index (χ0v) is 19.7. The Labute approximate surface area is 210 Å². The minimum absolute atomic E-state index is 0.0368. The van der Waals surface area contributed by atoms with Gasteiger partial charge in [-0.25, -0.2) is 10.1 Å². The lowest BCUT2D eigenvalue weighted by Gasteiger charge is -2.06. The second-order valence-corrected chi connectivity index (χ2v) is 8.61. The number of carbonyl (C=O) groups excluding carboxylic acids is 1. The number of nitrogens with two attached hydrogens (primary N) is 1. The van der Waals surface area contributed by atoms with Crippen LogP contribution in [0.1, 0.15) is 21.7 Å². The van der Waals surface area contributed by atoms with Crippen LogP contribution in [0.3, 0.4) is 0 Å². The Morgan fingerprint density at radius 1 is 0.972 bits per heavy atom. The summed E-state index contributed by atoms with van der Waals surface area (Å²) >= 11 is 1.51. The van der Waals surface area contributed by atoms with Crippen molar-refractivity contribution in [2.45, 2.75) is 10.6 Å². The lowest BCUT2D eigenvalue weighted by atomic mass is 10.0. The molecule has 0 saturated heterocycles. The molecule has 2 heterocycles. The molecule has 0 bridgehead atoms. The van der Waals surface area contributed by atoms with Gasteiger partial charge in [0.15, 0.2) is 5.69 Å². The molecule has 11 heteroatoms. The molecule has 5 rings (SSSR count). The first-order valence-electron chi connectivity index (χ1n) is 10.9. The predicted octanol–water partition coefficient (Wildman–Crippen LogP) is 3.96. The highest BCUT2D eigenvalue weighted by Crippen LogP contribution is 2.26. The number of nitrogens with zero attached hydrogens (tertiary/aromatic N) is 6. The van der Waals surface area contributed by atoms with Gasteiger partial charge in [-0.2, -0.15) is 9.78 Å². The van der Waals surface area contributed by atoms with Gasteiger partial charge in [-0.05, 0) is 39.1 Å². The Morgan fingerprint density at radius 3 is 2.36 bits per heavy atom. The molecule has 0 aliphatic heterocycles. The quantitative estimate of drug-likeness (QED) is 0.187. The van der Waals surface area contributed by atoms with Gasteiger partial charge in [-0.1, -0.05) is 78.0 Å². The van der Waals surface area contributed by atoms with Gasteiger partial charge in [-0.3, -0.25) is 4.79 Å². The molecule has 5 aromatic rings. The standard InChI is InChI=1S/C25H20N8O2S/c26-23-24(31-35-30-23)33-21(16-36-20-9-5-2-6-10-20)22(28-32-33)25(34)29-27-15-17-11-13-19(14-12-17)18-7-3-1-4-8-18/h1-15H,16H2,(H2,26,30)(H,29,34)/b27-15+. The third-order valence-electron chi connectivity index (χ3n) is 5.19. The van der Waals surface area contributed by atoms with E-state index in [4.69, 9.17) is 10.4 Å². The van der Waals surface area contributed by atoms with Gasteiger partial charge in [-0.15, -0.1) is 16.9 Å². The molecule has 3 aromatic carbocycles. The number of rotatable bonds is 8. The monoisotopic (exact) mass is 496 g/mol. The Kier molecular flexibility index (Phi) is 6.81. The molecule has 0 aliphatic rings. The summed E-state index contributed by atoms with van der Waals surface area (Å²) in [7, 11) is 0. The molecule has 0 unspecified atom stereocenters. The van der Waals surface area contributed by atoms with Crippen LogP contribution in [0.5, 0.6) is 0 Å². The summed E-state index contributed by atoms with van der Waals surface area (Å²) < 4.78 is 6.04. The second kappa shape index (κ2) is 10.7. The summed E-state index contributed by atoms with van der Waals surface area (Å²) in [5.74, 6) is 0.0515. The highest BCUT2D eigenvalue weighted by atomic mass is 32.2. The molecule has 1 amide bonds. The zero-order chi connectivity index (χ0) is 24.7. The van der Waals surface area contributed by atoms with Crippen molar-refractivity contribution in [2.75, 3.05) is 5.73 Å². The van der Waals surface area contributed by atoms with Crippen molar-refractivity contribution in [1.29, 1.82) is 0 Å². The normalized spacial score (nSPS) is 11.1. The number of hydrazone groups is 1. The van der Waals surface area contributed by atoms with Crippen molar-refractivity contribution in [2.24, 2.45) is 5.10 Å². The van der Waals surface area contributed by atoms with Crippen LogP contribution in [0, 0.1) is 0 Å². The van der Waals surface area contributed by atoms with Crippen LogP contribution in [-0.4, -0.2) is 37.4 Å². The van der Waals surface area contributed by atoms with E-state index in [1.807, 2.05) is 84.9 Å². The first-order chi connectivity index (χ1) is 17.7. The summed E-state index contributed by atoms with van der Waals surface area (Å²) in [6.07, 6.45) is 1.56. The van der Waals surface area contributed by atoms with E-state index in [9.17, 15) is 4.79 Å². The molecule has 0 spiro atoms. The number of hydrogen-bond acceptors (Lipinski definition) is 9. The number of hydrogen-bond donors (Lipinski definition) is 2. The average Bonchev–Trinajstić information content (AvgIpc) is 3.54.